The molecule has 2 rings (SSSR count). The Morgan fingerprint density at radius 2 is 2.20 bits per heavy atom. The van der Waals surface area contributed by atoms with Crippen molar-refractivity contribution in [2.45, 2.75) is 57.5 Å². The Kier molecular flexibility index (Phi) is 3.29. The average Bonchev–Trinajstić information content (AvgIpc) is 2.85. The quantitative estimate of drug-likeness (QED) is 0.777. The third-order valence-electron chi connectivity index (χ3n) is 4.12. The van der Waals surface area contributed by atoms with Crippen molar-refractivity contribution in [2.75, 3.05) is 6.54 Å². The van der Waals surface area contributed by atoms with Gasteiger partial charge < -0.3 is 5.11 Å². The molecule has 0 bridgehead atoms. The molecule has 0 spiro atoms. The highest BCUT2D eigenvalue weighted by atomic mass is 16.4. The summed E-state index contributed by atoms with van der Waals surface area (Å²) in [4.78, 5) is 13.5. The molecule has 0 aromatic carbocycles. The first-order chi connectivity index (χ1) is 7.22. The highest BCUT2D eigenvalue weighted by Crippen LogP contribution is 2.34. The van der Waals surface area contributed by atoms with Crippen molar-refractivity contribution in [2.24, 2.45) is 5.92 Å². The summed E-state index contributed by atoms with van der Waals surface area (Å²) >= 11 is 0. The van der Waals surface area contributed by atoms with Crippen LogP contribution in [-0.2, 0) is 4.79 Å². The molecule has 3 unspecified atom stereocenters. The first kappa shape index (κ1) is 10.9. The minimum absolute atomic E-state index is 0.0758. The topological polar surface area (TPSA) is 40.5 Å². The van der Waals surface area contributed by atoms with Crippen LogP contribution >= 0.6 is 0 Å². The SMILES string of the molecule is CCC1CCCN1C1CCC(C(=O)O)C1. The molecule has 86 valence electrons. The van der Waals surface area contributed by atoms with Crippen molar-refractivity contribution < 1.29 is 9.90 Å². The van der Waals surface area contributed by atoms with Gasteiger partial charge in [0.15, 0.2) is 0 Å². The van der Waals surface area contributed by atoms with Crippen molar-refractivity contribution in [3.8, 4) is 0 Å². The van der Waals surface area contributed by atoms with Crippen LogP contribution < -0.4 is 0 Å². The highest BCUT2D eigenvalue weighted by molar-refractivity contribution is 5.70. The molecule has 0 aromatic rings. The van der Waals surface area contributed by atoms with E-state index in [-0.39, 0.29) is 5.92 Å². The number of likely N-dealkylation sites (tertiary alicyclic amines) is 1. The van der Waals surface area contributed by atoms with Gasteiger partial charge in [0.05, 0.1) is 5.92 Å². The Balaban J connectivity index is 1.92. The van der Waals surface area contributed by atoms with Gasteiger partial charge in [-0.2, -0.15) is 0 Å². The molecule has 2 aliphatic rings. The van der Waals surface area contributed by atoms with Crippen LogP contribution in [0.2, 0.25) is 0 Å². The first-order valence-corrected chi connectivity index (χ1v) is 6.21. The van der Waals surface area contributed by atoms with Crippen molar-refractivity contribution in [3.63, 3.8) is 0 Å². The lowest BCUT2D eigenvalue weighted by Crippen LogP contribution is -2.37. The number of rotatable bonds is 3. The van der Waals surface area contributed by atoms with E-state index in [9.17, 15) is 4.79 Å². The third-order valence-corrected chi connectivity index (χ3v) is 4.12. The van der Waals surface area contributed by atoms with Crippen LogP contribution in [0.3, 0.4) is 0 Å². The fourth-order valence-electron chi connectivity index (χ4n) is 3.26. The molecular weight excluding hydrogens is 190 g/mol. The zero-order chi connectivity index (χ0) is 10.8. The van der Waals surface area contributed by atoms with Gasteiger partial charge in [0, 0.05) is 12.1 Å². The standard InChI is InChI=1S/C12H21NO2/c1-2-10-4-3-7-13(10)11-6-5-9(8-11)12(14)15/h9-11H,2-8H2,1H3,(H,14,15). The largest absolute Gasteiger partial charge is 0.481 e. The van der Waals surface area contributed by atoms with Gasteiger partial charge in [0.2, 0.25) is 0 Å². The van der Waals surface area contributed by atoms with Gasteiger partial charge in [-0.3, -0.25) is 9.69 Å². The number of carboxylic acid groups (broad SMARTS) is 1. The van der Waals surface area contributed by atoms with Crippen LogP contribution in [0.1, 0.15) is 45.4 Å². The van der Waals surface area contributed by atoms with Crippen molar-refractivity contribution in [1.29, 1.82) is 0 Å². The van der Waals surface area contributed by atoms with Gasteiger partial charge >= 0.3 is 5.97 Å². The summed E-state index contributed by atoms with van der Waals surface area (Å²) < 4.78 is 0. The Bertz CT molecular complexity index is 242. The van der Waals surface area contributed by atoms with E-state index < -0.39 is 5.97 Å². The Hall–Kier alpha value is -0.570. The molecule has 2 fully saturated rings. The predicted molar refractivity (Wildman–Crippen MR) is 58.8 cm³/mol. The second-order valence-electron chi connectivity index (χ2n) is 4.94. The maximum Gasteiger partial charge on any atom is 0.306 e. The summed E-state index contributed by atoms with van der Waals surface area (Å²) in [6, 6.07) is 1.28. The Morgan fingerprint density at radius 1 is 1.40 bits per heavy atom. The molecule has 15 heavy (non-hydrogen) atoms. The van der Waals surface area contributed by atoms with E-state index in [0.717, 1.165) is 25.3 Å². The first-order valence-electron chi connectivity index (χ1n) is 6.21. The minimum Gasteiger partial charge on any atom is -0.481 e. The smallest absolute Gasteiger partial charge is 0.306 e. The second-order valence-corrected chi connectivity index (χ2v) is 4.94. The van der Waals surface area contributed by atoms with E-state index in [2.05, 4.69) is 11.8 Å². The highest BCUT2D eigenvalue weighted by Gasteiger charge is 2.37. The van der Waals surface area contributed by atoms with E-state index in [1.807, 2.05) is 0 Å². The summed E-state index contributed by atoms with van der Waals surface area (Å²) in [5.41, 5.74) is 0. The minimum atomic E-state index is -0.593. The predicted octanol–water partition coefficient (Wildman–Crippen LogP) is 2.11. The fraction of sp³-hybridized carbons (Fsp3) is 0.917. The average molecular weight is 211 g/mol. The summed E-state index contributed by atoms with van der Waals surface area (Å²) in [6.45, 7) is 3.43. The zero-order valence-electron chi connectivity index (χ0n) is 9.48. The van der Waals surface area contributed by atoms with E-state index in [1.54, 1.807) is 0 Å². The maximum atomic E-state index is 10.9. The molecule has 1 heterocycles. The fourth-order valence-corrected chi connectivity index (χ4v) is 3.26. The molecule has 3 heteroatoms. The molecule has 1 aliphatic carbocycles. The van der Waals surface area contributed by atoms with Crippen LogP contribution in [0.5, 0.6) is 0 Å². The van der Waals surface area contributed by atoms with Gasteiger partial charge in [-0.1, -0.05) is 6.92 Å². The van der Waals surface area contributed by atoms with Crippen LogP contribution in [0.25, 0.3) is 0 Å². The van der Waals surface area contributed by atoms with Gasteiger partial charge in [-0.25, -0.2) is 0 Å². The molecule has 1 saturated heterocycles. The lowest BCUT2D eigenvalue weighted by molar-refractivity contribution is -0.141. The zero-order valence-corrected chi connectivity index (χ0v) is 9.48. The summed E-state index contributed by atoms with van der Waals surface area (Å²) in [5, 5.41) is 8.98. The van der Waals surface area contributed by atoms with Gasteiger partial charge in [0.1, 0.15) is 0 Å². The molecule has 3 nitrogen and oxygen atoms in total. The maximum absolute atomic E-state index is 10.9. The molecule has 0 aromatic heterocycles. The number of aliphatic carboxylic acids is 1. The number of hydrogen-bond acceptors (Lipinski definition) is 2. The normalized spacial score (nSPS) is 37.3. The van der Waals surface area contributed by atoms with Gasteiger partial charge in [-0.05, 0) is 45.1 Å². The molecule has 1 aliphatic heterocycles. The van der Waals surface area contributed by atoms with Crippen LogP contribution in [0.15, 0.2) is 0 Å². The summed E-state index contributed by atoms with van der Waals surface area (Å²) in [6.07, 6.45) is 6.68. The lowest BCUT2D eigenvalue weighted by Gasteiger charge is -2.29. The number of carboxylic acids is 1. The monoisotopic (exact) mass is 211 g/mol. The summed E-state index contributed by atoms with van der Waals surface area (Å²) in [5.74, 6) is -0.669. The molecule has 1 N–H and O–H groups in total. The van der Waals surface area contributed by atoms with Crippen molar-refractivity contribution >= 4 is 5.97 Å². The van der Waals surface area contributed by atoms with E-state index in [4.69, 9.17) is 5.11 Å². The summed E-state index contributed by atoms with van der Waals surface area (Å²) in [7, 11) is 0. The molecular formula is C12H21NO2. The van der Waals surface area contributed by atoms with Crippen LogP contribution in [0, 0.1) is 5.92 Å². The second kappa shape index (κ2) is 4.52. The molecule has 3 atom stereocenters. The number of carbonyl (C=O) groups is 1. The van der Waals surface area contributed by atoms with Gasteiger partial charge in [-0.15, -0.1) is 0 Å². The van der Waals surface area contributed by atoms with Crippen LogP contribution in [-0.4, -0.2) is 34.6 Å². The Labute approximate surface area is 91.5 Å². The van der Waals surface area contributed by atoms with Crippen molar-refractivity contribution in [1.82, 2.24) is 4.90 Å². The van der Waals surface area contributed by atoms with Crippen LogP contribution in [0.4, 0.5) is 0 Å². The Morgan fingerprint density at radius 3 is 2.80 bits per heavy atom. The van der Waals surface area contributed by atoms with Gasteiger partial charge in [0.25, 0.3) is 0 Å². The van der Waals surface area contributed by atoms with Crippen molar-refractivity contribution in [3.05, 3.63) is 0 Å². The molecule has 1 saturated carbocycles. The lowest BCUT2D eigenvalue weighted by atomic mass is 10.1. The third kappa shape index (κ3) is 2.17. The molecule has 0 radical (unpaired) electrons. The van der Waals surface area contributed by atoms with E-state index >= 15 is 0 Å². The number of nitrogens with zero attached hydrogens (tertiary/aromatic N) is 1. The van der Waals surface area contributed by atoms with E-state index in [0.29, 0.717) is 6.04 Å². The van der Waals surface area contributed by atoms with E-state index in [1.165, 1.54) is 25.8 Å². The molecule has 0 amide bonds. The number of hydrogen-bond donors (Lipinski definition) is 1.